The molecule has 1 aromatic heterocycles. The van der Waals surface area contributed by atoms with Crippen LogP contribution in [0.4, 0.5) is 0 Å². The van der Waals surface area contributed by atoms with Crippen LogP contribution < -0.4 is 9.47 Å². The lowest BCUT2D eigenvalue weighted by molar-refractivity contribution is -0.138. The fourth-order valence-corrected chi connectivity index (χ4v) is 4.43. The number of methoxy groups -OCH3 is 1. The van der Waals surface area contributed by atoms with Crippen molar-refractivity contribution in [2.75, 3.05) is 53.1 Å². The fraction of sp³-hybridized carbons (Fsp3) is 0.429. The maximum atomic E-state index is 12.7. The van der Waals surface area contributed by atoms with Gasteiger partial charge in [-0.2, -0.15) is 5.10 Å². The van der Waals surface area contributed by atoms with Crippen molar-refractivity contribution in [1.82, 2.24) is 19.6 Å². The molecule has 0 aliphatic carbocycles. The molecule has 0 radical (unpaired) electrons. The summed E-state index contributed by atoms with van der Waals surface area (Å²) >= 11 is 0. The average Bonchev–Trinajstić information content (AvgIpc) is 3.34. The third kappa shape index (κ3) is 8.04. The van der Waals surface area contributed by atoms with Crippen molar-refractivity contribution >= 4 is 5.91 Å². The number of hydrogen-bond donors (Lipinski definition) is 1. The molecule has 1 aliphatic heterocycles. The SMILES string of the molecule is COCC(=O)N1CCN(Cc2cccc(OCCn3cccn3)c2)CC(O)(COc2ccc(C)cc2)C1. The first kappa shape index (κ1) is 26.7. The van der Waals surface area contributed by atoms with E-state index in [9.17, 15) is 9.90 Å². The summed E-state index contributed by atoms with van der Waals surface area (Å²) in [6.45, 7) is 5.50. The summed E-state index contributed by atoms with van der Waals surface area (Å²) in [4.78, 5) is 16.5. The zero-order valence-corrected chi connectivity index (χ0v) is 21.6. The number of rotatable bonds is 11. The van der Waals surface area contributed by atoms with Crippen LogP contribution in [0.5, 0.6) is 11.5 Å². The Morgan fingerprint density at radius 2 is 1.89 bits per heavy atom. The molecular formula is C28H36N4O5. The van der Waals surface area contributed by atoms with Gasteiger partial charge in [0, 0.05) is 45.7 Å². The highest BCUT2D eigenvalue weighted by molar-refractivity contribution is 5.77. The standard InChI is InChI=1S/C28H36N4O5/c1-23-7-9-25(10-8-23)37-22-28(34)20-30(13-14-31(21-28)27(33)19-35-2)18-24-5-3-6-26(17-24)36-16-15-32-12-4-11-29-32/h3-12,17,34H,13-16,18-22H2,1-2H3. The van der Waals surface area contributed by atoms with Gasteiger partial charge in [-0.1, -0.05) is 29.8 Å². The monoisotopic (exact) mass is 508 g/mol. The zero-order chi connectivity index (χ0) is 26.1. The number of carbonyl (C=O) groups excluding carboxylic acids is 1. The smallest absolute Gasteiger partial charge is 0.248 e. The molecule has 0 saturated carbocycles. The van der Waals surface area contributed by atoms with Crippen LogP contribution in [0.25, 0.3) is 0 Å². The van der Waals surface area contributed by atoms with Crippen LogP contribution in [-0.4, -0.2) is 89.3 Å². The Hall–Kier alpha value is -3.40. The zero-order valence-electron chi connectivity index (χ0n) is 21.6. The molecular weight excluding hydrogens is 472 g/mol. The Morgan fingerprint density at radius 3 is 2.65 bits per heavy atom. The van der Waals surface area contributed by atoms with Crippen LogP contribution in [0.1, 0.15) is 11.1 Å². The van der Waals surface area contributed by atoms with Crippen molar-refractivity contribution in [1.29, 1.82) is 0 Å². The third-order valence-electron chi connectivity index (χ3n) is 6.29. The summed E-state index contributed by atoms with van der Waals surface area (Å²) in [6.07, 6.45) is 3.66. The van der Waals surface area contributed by atoms with E-state index in [0.29, 0.717) is 45.1 Å². The normalized spacial score (nSPS) is 18.4. The minimum atomic E-state index is -1.25. The predicted molar refractivity (Wildman–Crippen MR) is 140 cm³/mol. The second-order valence-corrected chi connectivity index (χ2v) is 9.55. The van der Waals surface area contributed by atoms with Gasteiger partial charge in [0.15, 0.2) is 0 Å². The van der Waals surface area contributed by atoms with Crippen LogP contribution >= 0.6 is 0 Å². The summed E-state index contributed by atoms with van der Waals surface area (Å²) in [5.74, 6) is 1.32. The Bertz CT molecular complexity index is 1120. The first-order chi connectivity index (χ1) is 17.9. The summed E-state index contributed by atoms with van der Waals surface area (Å²) < 4.78 is 18.8. The number of aromatic nitrogens is 2. The van der Waals surface area contributed by atoms with Crippen LogP contribution in [0.2, 0.25) is 0 Å². The van der Waals surface area contributed by atoms with Crippen molar-refractivity contribution in [2.24, 2.45) is 0 Å². The van der Waals surface area contributed by atoms with E-state index in [4.69, 9.17) is 14.2 Å². The molecule has 3 aromatic rings. The lowest BCUT2D eigenvalue weighted by Crippen LogP contribution is -2.52. The van der Waals surface area contributed by atoms with Gasteiger partial charge in [0.25, 0.3) is 0 Å². The minimum Gasteiger partial charge on any atom is -0.492 e. The second kappa shape index (κ2) is 12.7. The van der Waals surface area contributed by atoms with Crippen LogP contribution in [0.15, 0.2) is 67.0 Å². The van der Waals surface area contributed by atoms with Gasteiger partial charge in [-0.25, -0.2) is 0 Å². The maximum Gasteiger partial charge on any atom is 0.248 e. The van der Waals surface area contributed by atoms with Crippen molar-refractivity contribution in [2.45, 2.75) is 25.6 Å². The minimum absolute atomic E-state index is 0.0210. The Morgan fingerprint density at radius 1 is 1.05 bits per heavy atom. The van der Waals surface area contributed by atoms with E-state index in [-0.39, 0.29) is 25.7 Å². The number of aryl methyl sites for hydroxylation is 1. The van der Waals surface area contributed by atoms with E-state index in [1.807, 2.05) is 72.4 Å². The first-order valence-electron chi connectivity index (χ1n) is 12.5. The van der Waals surface area contributed by atoms with Gasteiger partial charge in [-0.05, 0) is 42.8 Å². The number of amides is 1. The van der Waals surface area contributed by atoms with Gasteiger partial charge in [0.2, 0.25) is 5.91 Å². The molecule has 4 rings (SSSR count). The average molecular weight is 509 g/mol. The van der Waals surface area contributed by atoms with E-state index in [0.717, 1.165) is 16.9 Å². The molecule has 1 unspecified atom stereocenters. The Kier molecular flexibility index (Phi) is 9.16. The highest BCUT2D eigenvalue weighted by atomic mass is 16.5. The molecule has 1 saturated heterocycles. The number of hydrogen-bond acceptors (Lipinski definition) is 7. The first-order valence-corrected chi connectivity index (χ1v) is 12.5. The van der Waals surface area contributed by atoms with Crippen LogP contribution in [0.3, 0.4) is 0 Å². The number of β-amino-alcohol motifs (C(OH)–C–C–N with tert-alkyl or cyclic N) is 1. The van der Waals surface area contributed by atoms with Gasteiger partial charge in [-0.15, -0.1) is 0 Å². The van der Waals surface area contributed by atoms with Gasteiger partial charge >= 0.3 is 0 Å². The number of aliphatic hydroxyl groups is 1. The van der Waals surface area contributed by atoms with Crippen molar-refractivity contribution in [3.05, 3.63) is 78.1 Å². The Balaban J connectivity index is 1.41. The predicted octanol–water partition coefficient (Wildman–Crippen LogP) is 2.37. The van der Waals surface area contributed by atoms with E-state index in [2.05, 4.69) is 10.00 Å². The van der Waals surface area contributed by atoms with E-state index in [1.54, 1.807) is 11.1 Å². The van der Waals surface area contributed by atoms with Gasteiger partial charge < -0.3 is 24.2 Å². The molecule has 9 heteroatoms. The molecule has 2 heterocycles. The summed E-state index contributed by atoms with van der Waals surface area (Å²) in [5.41, 5.74) is 0.952. The van der Waals surface area contributed by atoms with Crippen molar-refractivity contribution < 1.29 is 24.1 Å². The highest BCUT2D eigenvalue weighted by Gasteiger charge is 2.37. The molecule has 37 heavy (non-hydrogen) atoms. The molecule has 9 nitrogen and oxygen atoms in total. The molecule has 1 N–H and O–H groups in total. The van der Waals surface area contributed by atoms with Crippen LogP contribution in [-0.2, 0) is 22.6 Å². The van der Waals surface area contributed by atoms with Crippen molar-refractivity contribution in [3.63, 3.8) is 0 Å². The highest BCUT2D eigenvalue weighted by Crippen LogP contribution is 2.21. The molecule has 1 amide bonds. The molecule has 1 atom stereocenters. The van der Waals surface area contributed by atoms with E-state index < -0.39 is 5.60 Å². The topological polar surface area (TPSA) is 89.3 Å². The van der Waals surface area contributed by atoms with Gasteiger partial charge in [0.05, 0.1) is 13.1 Å². The Labute approximate surface area is 218 Å². The van der Waals surface area contributed by atoms with Gasteiger partial charge in [0.1, 0.15) is 36.9 Å². The summed E-state index contributed by atoms with van der Waals surface area (Å²) in [7, 11) is 1.50. The summed E-state index contributed by atoms with van der Waals surface area (Å²) in [6, 6.07) is 17.6. The second-order valence-electron chi connectivity index (χ2n) is 9.55. The lowest BCUT2D eigenvalue weighted by Gasteiger charge is -2.33. The summed E-state index contributed by atoms with van der Waals surface area (Å²) in [5, 5.41) is 15.8. The largest absolute Gasteiger partial charge is 0.492 e. The third-order valence-corrected chi connectivity index (χ3v) is 6.29. The number of nitrogens with zero attached hydrogens (tertiary/aromatic N) is 4. The van der Waals surface area contributed by atoms with E-state index >= 15 is 0 Å². The molecule has 1 aliphatic rings. The van der Waals surface area contributed by atoms with Crippen LogP contribution in [0, 0.1) is 6.92 Å². The van der Waals surface area contributed by atoms with Gasteiger partial charge in [-0.3, -0.25) is 14.4 Å². The maximum absolute atomic E-state index is 12.7. The number of carbonyl (C=O) groups is 1. The number of benzene rings is 2. The molecule has 2 aromatic carbocycles. The molecule has 0 bridgehead atoms. The van der Waals surface area contributed by atoms with Crippen molar-refractivity contribution in [3.8, 4) is 11.5 Å². The van der Waals surface area contributed by atoms with E-state index in [1.165, 1.54) is 7.11 Å². The lowest BCUT2D eigenvalue weighted by atomic mass is 10.0. The molecule has 1 fully saturated rings. The molecule has 198 valence electrons. The quantitative estimate of drug-likeness (QED) is 0.425. The molecule has 0 spiro atoms. The number of ether oxygens (including phenoxy) is 3. The fourth-order valence-electron chi connectivity index (χ4n) is 4.43.